The van der Waals surface area contributed by atoms with Crippen LogP contribution in [-0.2, 0) is 11.2 Å². The summed E-state index contributed by atoms with van der Waals surface area (Å²) in [4.78, 5) is 28.1. The van der Waals surface area contributed by atoms with Gasteiger partial charge in [0, 0.05) is 17.8 Å². The van der Waals surface area contributed by atoms with Gasteiger partial charge in [-0.3, -0.25) is 14.6 Å². The van der Waals surface area contributed by atoms with Crippen LogP contribution in [0.2, 0.25) is 10.0 Å². The second-order valence-corrected chi connectivity index (χ2v) is 9.25. The monoisotopic (exact) mass is 478 g/mol. The first-order chi connectivity index (χ1) is 15.3. The van der Waals surface area contributed by atoms with Crippen LogP contribution in [0.25, 0.3) is 0 Å². The molecule has 1 aliphatic rings. The molecule has 2 N–H and O–H groups in total. The Balaban J connectivity index is 1.58. The molecule has 0 saturated heterocycles. The number of ether oxygens (including phenoxy) is 1. The third-order valence-electron chi connectivity index (χ3n) is 6.15. The quantitative estimate of drug-likeness (QED) is 0.532. The summed E-state index contributed by atoms with van der Waals surface area (Å²) in [5, 5.41) is 13.1. The van der Waals surface area contributed by atoms with Crippen LogP contribution in [0.15, 0.2) is 30.5 Å². The van der Waals surface area contributed by atoms with Crippen LogP contribution in [0, 0.1) is 11.8 Å². The van der Waals surface area contributed by atoms with E-state index in [4.69, 9.17) is 33.0 Å². The van der Waals surface area contributed by atoms with Gasteiger partial charge in [-0.2, -0.15) is 0 Å². The Morgan fingerprint density at radius 2 is 1.94 bits per heavy atom. The van der Waals surface area contributed by atoms with Crippen LogP contribution in [-0.4, -0.2) is 35.6 Å². The molecule has 1 saturated carbocycles. The van der Waals surface area contributed by atoms with Crippen LogP contribution >= 0.6 is 23.2 Å². The zero-order valence-electron chi connectivity index (χ0n) is 18.2. The van der Waals surface area contributed by atoms with E-state index < -0.39 is 5.97 Å². The lowest BCUT2D eigenvalue weighted by molar-refractivity contribution is -0.143. The van der Waals surface area contributed by atoms with Crippen LogP contribution in [0.5, 0.6) is 5.75 Å². The Bertz CT molecular complexity index is 974. The van der Waals surface area contributed by atoms with Gasteiger partial charge in [-0.05, 0) is 73.8 Å². The molecule has 32 heavy (non-hydrogen) atoms. The lowest BCUT2D eigenvalue weighted by atomic mass is 9.82. The highest BCUT2D eigenvalue weighted by molar-refractivity contribution is 6.31. The van der Waals surface area contributed by atoms with Crippen molar-refractivity contribution in [1.82, 2.24) is 10.3 Å². The number of benzene rings is 1. The van der Waals surface area contributed by atoms with E-state index in [0.717, 1.165) is 24.2 Å². The Hall–Kier alpha value is -2.31. The van der Waals surface area contributed by atoms with E-state index in [0.29, 0.717) is 53.0 Å². The first kappa shape index (κ1) is 24.3. The van der Waals surface area contributed by atoms with E-state index in [1.165, 1.54) is 0 Å². The molecular formula is C24H28Cl2N2O4. The summed E-state index contributed by atoms with van der Waals surface area (Å²) in [5.41, 5.74) is 2.08. The van der Waals surface area contributed by atoms with Crippen molar-refractivity contribution < 1.29 is 19.4 Å². The number of carboxylic acids is 1. The van der Waals surface area contributed by atoms with E-state index in [1.54, 1.807) is 25.4 Å². The second-order valence-electron chi connectivity index (χ2n) is 8.41. The van der Waals surface area contributed by atoms with Crippen molar-refractivity contribution in [2.75, 3.05) is 13.7 Å². The molecule has 1 amide bonds. The van der Waals surface area contributed by atoms with Crippen molar-refractivity contribution in [1.29, 1.82) is 0 Å². The number of hydrogen-bond donors (Lipinski definition) is 2. The molecule has 0 bridgehead atoms. The number of rotatable bonds is 8. The zero-order chi connectivity index (χ0) is 23.3. The van der Waals surface area contributed by atoms with Crippen molar-refractivity contribution in [2.45, 2.75) is 44.9 Å². The lowest BCUT2D eigenvalue weighted by Gasteiger charge is -2.26. The number of methoxy groups -OCH3 is 1. The maximum Gasteiger partial charge on any atom is 0.306 e. The van der Waals surface area contributed by atoms with Gasteiger partial charge in [-0.25, -0.2) is 0 Å². The fraction of sp³-hybridized carbons (Fsp3) is 0.458. The smallest absolute Gasteiger partial charge is 0.306 e. The molecule has 2 aromatic rings. The molecular weight excluding hydrogens is 451 g/mol. The van der Waals surface area contributed by atoms with Gasteiger partial charge >= 0.3 is 5.97 Å². The van der Waals surface area contributed by atoms with Crippen LogP contribution in [0.4, 0.5) is 0 Å². The van der Waals surface area contributed by atoms with E-state index in [9.17, 15) is 9.59 Å². The largest absolute Gasteiger partial charge is 0.496 e. The van der Waals surface area contributed by atoms with Crippen LogP contribution in [0.1, 0.15) is 60.1 Å². The van der Waals surface area contributed by atoms with Gasteiger partial charge < -0.3 is 15.2 Å². The Morgan fingerprint density at radius 1 is 1.22 bits per heavy atom. The molecule has 0 aliphatic heterocycles. The maximum atomic E-state index is 12.6. The van der Waals surface area contributed by atoms with E-state index >= 15 is 0 Å². The Labute approximate surface area is 198 Å². The minimum Gasteiger partial charge on any atom is -0.496 e. The molecule has 1 aromatic carbocycles. The average molecular weight is 479 g/mol. The molecule has 1 unspecified atom stereocenters. The first-order valence-corrected chi connectivity index (χ1v) is 11.5. The van der Waals surface area contributed by atoms with Crippen molar-refractivity contribution in [3.8, 4) is 5.75 Å². The number of aromatic nitrogens is 1. The van der Waals surface area contributed by atoms with Gasteiger partial charge in [0.1, 0.15) is 5.75 Å². The van der Waals surface area contributed by atoms with E-state index in [2.05, 4.69) is 10.3 Å². The SMILES string of the molecule is COc1ccc(Cl)cc1C(C)Cc1ncc(C(=O)NC[C@H]2CC[C@H](C(=O)O)CC2)cc1Cl. The topological polar surface area (TPSA) is 88.5 Å². The minimum absolute atomic E-state index is 0.0641. The normalized spacial score (nSPS) is 19.2. The predicted molar refractivity (Wildman–Crippen MR) is 125 cm³/mol. The molecule has 1 aromatic heterocycles. The van der Waals surface area contributed by atoms with Crippen molar-refractivity contribution >= 4 is 35.1 Å². The van der Waals surface area contributed by atoms with E-state index in [-0.39, 0.29) is 17.7 Å². The summed E-state index contributed by atoms with van der Waals surface area (Å²) >= 11 is 12.6. The number of hydrogen-bond acceptors (Lipinski definition) is 4. The van der Waals surface area contributed by atoms with Crippen LogP contribution in [0.3, 0.4) is 0 Å². The number of amides is 1. The molecule has 1 fully saturated rings. The summed E-state index contributed by atoms with van der Waals surface area (Å²) in [7, 11) is 1.62. The van der Waals surface area contributed by atoms with Crippen molar-refractivity contribution in [2.24, 2.45) is 11.8 Å². The molecule has 1 aliphatic carbocycles. The number of pyridine rings is 1. The molecule has 1 heterocycles. The number of carboxylic acid groups (broad SMARTS) is 1. The summed E-state index contributed by atoms with van der Waals surface area (Å²) in [6.07, 6.45) is 5.05. The van der Waals surface area contributed by atoms with Crippen molar-refractivity contribution in [3.63, 3.8) is 0 Å². The zero-order valence-corrected chi connectivity index (χ0v) is 19.7. The predicted octanol–water partition coefficient (Wildman–Crippen LogP) is 5.36. The summed E-state index contributed by atoms with van der Waals surface area (Å²) in [5.74, 6) is -0.0921. The second kappa shape index (κ2) is 11.0. The third kappa shape index (κ3) is 6.14. The molecule has 8 heteroatoms. The highest BCUT2D eigenvalue weighted by atomic mass is 35.5. The van der Waals surface area contributed by atoms with Gasteiger partial charge in [0.15, 0.2) is 0 Å². The molecule has 1 atom stereocenters. The Kier molecular flexibility index (Phi) is 8.38. The molecule has 6 nitrogen and oxygen atoms in total. The average Bonchev–Trinajstić information content (AvgIpc) is 2.78. The lowest BCUT2D eigenvalue weighted by Crippen LogP contribution is -2.32. The van der Waals surface area contributed by atoms with Crippen molar-refractivity contribution in [3.05, 3.63) is 57.3 Å². The fourth-order valence-corrected chi connectivity index (χ4v) is 4.61. The number of nitrogens with zero attached hydrogens (tertiary/aromatic N) is 1. The number of aliphatic carboxylic acids is 1. The van der Waals surface area contributed by atoms with Gasteiger partial charge in [0.25, 0.3) is 5.91 Å². The summed E-state index contributed by atoms with van der Waals surface area (Å²) < 4.78 is 5.44. The summed E-state index contributed by atoms with van der Waals surface area (Å²) in [6.45, 7) is 2.57. The third-order valence-corrected chi connectivity index (χ3v) is 6.71. The van der Waals surface area contributed by atoms with Gasteiger partial charge in [0.05, 0.1) is 29.3 Å². The molecule has 0 spiro atoms. The molecule has 0 radical (unpaired) electrons. The van der Waals surface area contributed by atoms with Gasteiger partial charge in [0.2, 0.25) is 0 Å². The Morgan fingerprint density at radius 3 is 2.56 bits per heavy atom. The van der Waals surface area contributed by atoms with Gasteiger partial charge in [-0.15, -0.1) is 0 Å². The maximum absolute atomic E-state index is 12.6. The standard InChI is InChI=1S/C24H28Cl2N2O4/c1-14(19-11-18(25)7-8-22(19)32-2)9-21-20(26)10-17(13-27-21)23(29)28-12-15-3-5-16(6-4-15)24(30)31/h7-8,10-11,13-16H,3-6,9,12H2,1-2H3,(H,28,29)(H,30,31)/t14?,15-,16-. The number of halogens is 2. The summed E-state index contributed by atoms with van der Waals surface area (Å²) in [6, 6.07) is 7.14. The highest BCUT2D eigenvalue weighted by Crippen LogP contribution is 2.33. The minimum atomic E-state index is -0.726. The molecule has 3 rings (SSSR count). The fourth-order valence-electron chi connectivity index (χ4n) is 4.18. The number of nitrogens with one attached hydrogen (secondary N) is 1. The van der Waals surface area contributed by atoms with E-state index in [1.807, 2.05) is 19.1 Å². The molecule has 172 valence electrons. The van der Waals surface area contributed by atoms with Crippen LogP contribution < -0.4 is 10.1 Å². The highest BCUT2D eigenvalue weighted by Gasteiger charge is 2.26. The number of carbonyl (C=O) groups excluding carboxylic acids is 1. The van der Waals surface area contributed by atoms with Gasteiger partial charge in [-0.1, -0.05) is 30.1 Å². The number of carbonyl (C=O) groups is 2. The first-order valence-electron chi connectivity index (χ1n) is 10.8.